The van der Waals surface area contributed by atoms with Crippen LogP contribution < -0.4 is 0 Å². The Hall–Kier alpha value is -3.11. The van der Waals surface area contributed by atoms with Crippen LogP contribution in [0.5, 0.6) is 0 Å². The van der Waals surface area contributed by atoms with Gasteiger partial charge in [-0.05, 0) is 48.5 Å². The quantitative estimate of drug-likeness (QED) is 0.342. The Morgan fingerprint density at radius 2 is 0.667 bits per heavy atom. The van der Waals surface area contributed by atoms with Crippen molar-refractivity contribution >= 4 is 0 Å². The topological polar surface area (TPSA) is 95.2 Å². The standard InChI is InChI=1S/2C10H8N2.NO.Ru/c2*1-3-7-11-9(5-1)10-6-2-4-8-12-10;1-2;/h2*1-8H;;/q;;+1;+2. The molecule has 7 heteroatoms. The first-order valence-electron chi connectivity index (χ1n) is 7.76. The molecular formula is C20H16N5ORu+3. The SMILES string of the molecule is N#[O+].[Ru+2].c1ccc(-c2ccccn2)nc1.c1ccc(-c2ccccn2)nc1. The summed E-state index contributed by atoms with van der Waals surface area (Å²) in [5.41, 5.74) is 9.41. The summed E-state index contributed by atoms with van der Waals surface area (Å²) < 4.78 is 7.25. The van der Waals surface area contributed by atoms with Crippen molar-refractivity contribution in [1.82, 2.24) is 19.9 Å². The third-order valence-electron chi connectivity index (χ3n) is 3.18. The fraction of sp³-hybridized carbons (Fsp3) is 0. The third kappa shape index (κ3) is 7.34. The molecule has 4 rings (SSSR count). The second kappa shape index (κ2) is 13.1. The van der Waals surface area contributed by atoms with Crippen molar-refractivity contribution in [3.05, 3.63) is 97.6 Å². The maximum absolute atomic E-state index is 7.25. The van der Waals surface area contributed by atoms with E-state index in [-0.39, 0.29) is 19.5 Å². The van der Waals surface area contributed by atoms with E-state index in [4.69, 9.17) is 10.2 Å². The molecule has 0 N–H and O–H groups in total. The van der Waals surface area contributed by atoms with Gasteiger partial charge in [0.25, 0.3) is 0 Å². The van der Waals surface area contributed by atoms with Crippen LogP contribution in [0, 0.1) is 5.46 Å². The van der Waals surface area contributed by atoms with Crippen molar-refractivity contribution in [2.24, 2.45) is 0 Å². The van der Waals surface area contributed by atoms with E-state index >= 15 is 0 Å². The van der Waals surface area contributed by atoms with E-state index < -0.39 is 0 Å². The van der Waals surface area contributed by atoms with Gasteiger partial charge in [0.15, 0.2) is 0 Å². The Bertz CT molecular complexity index is 742. The molecule has 4 heterocycles. The van der Waals surface area contributed by atoms with Crippen LogP contribution in [0.3, 0.4) is 0 Å². The monoisotopic (exact) mass is 444 g/mol. The summed E-state index contributed by atoms with van der Waals surface area (Å²) in [7, 11) is 0. The first kappa shape index (κ1) is 21.9. The molecule has 4 aromatic heterocycles. The summed E-state index contributed by atoms with van der Waals surface area (Å²) in [6.07, 6.45) is 7.07. The van der Waals surface area contributed by atoms with Gasteiger partial charge in [-0.15, -0.1) is 0 Å². The Morgan fingerprint density at radius 3 is 0.815 bits per heavy atom. The van der Waals surface area contributed by atoms with Crippen molar-refractivity contribution in [2.75, 3.05) is 0 Å². The molecule has 0 unspecified atom stereocenters. The van der Waals surface area contributed by atoms with Crippen LogP contribution in [0.25, 0.3) is 22.8 Å². The van der Waals surface area contributed by atoms with Gasteiger partial charge in [-0.2, -0.15) is 0 Å². The van der Waals surface area contributed by atoms with Crippen molar-refractivity contribution in [3.8, 4) is 22.8 Å². The van der Waals surface area contributed by atoms with E-state index in [9.17, 15) is 0 Å². The van der Waals surface area contributed by atoms with E-state index in [1.165, 1.54) is 0 Å². The molecular weight excluding hydrogens is 427 g/mol. The summed E-state index contributed by atoms with van der Waals surface area (Å²) in [6.45, 7) is 0. The molecule has 0 aliphatic rings. The number of aromatic nitrogens is 4. The number of hydrogen-bond acceptors (Lipinski definition) is 5. The van der Waals surface area contributed by atoms with E-state index in [2.05, 4.69) is 19.9 Å². The first-order chi connectivity index (χ1) is 12.9. The van der Waals surface area contributed by atoms with Crippen molar-refractivity contribution in [3.63, 3.8) is 0 Å². The molecule has 0 radical (unpaired) electrons. The molecule has 132 valence electrons. The second-order valence-electron chi connectivity index (χ2n) is 4.86. The number of nitrogens with zero attached hydrogens (tertiary/aromatic N) is 5. The van der Waals surface area contributed by atoms with Gasteiger partial charge < -0.3 is 0 Å². The van der Waals surface area contributed by atoms with Crippen LogP contribution in [0.15, 0.2) is 97.6 Å². The molecule has 0 saturated carbocycles. The van der Waals surface area contributed by atoms with Gasteiger partial charge in [-0.1, -0.05) is 24.3 Å². The molecule has 27 heavy (non-hydrogen) atoms. The fourth-order valence-electron chi connectivity index (χ4n) is 2.06. The van der Waals surface area contributed by atoms with Crippen molar-refractivity contribution < 1.29 is 24.3 Å². The Balaban J connectivity index is 0.000000239. The smallest absolute Gasteiger partial charge is 0.255 e. The maximum atomic E-state index is 7.25. The van der Waals surface area contributed by atoms with Crippen LogP contribution in [-0.2, 0) is 24.3 Å². The summed E-state index contributed by atoms with van der Waals surface area (Å²) >= 11 is 0. The predicted octanol–water partition coefficient (Wildman–Crippen LogP) is 4.18. The Labute approximate surface area is 170 Å². The summed E-state index contributed by atoms with van der Waals surface area (Å²) in [5.74, 6) is 0. The van der Waals surface area contributed by atoms with Gasteiger partial charge in [-0.25, -0.2) is 0 Å². The number of pyridine rings is 4. The zero-order valence-corrected chi connectivity index (χ0v) is 16.0. The molecule has 6 nitrogen and oxygen atoms in total. The summed E-state index contributed by atoms with van der Waals surface area (Å²) in [6, 6.07) is 23.2. The molecule has 0 aliphatic carbocycles. The van der Waals surface area contributed by atoms with Gasteiger partial charge in [0.2, 0.25) is 0 Å². The third-order valence-corrected chi connectivity index (χ3v) is 3.18. The van der Waals surface area contributed by atoms with E-state index in [1.807, 2.05) is 72.8 Å². The van der Waals surface area contributed by atoms with Crippen LogP contribution in [0.2, 0.25) is 0 Å². The minimum Gasteiger partial charge on any atom is -0.255 e. The summed E-state index contributed by atoms with van der Waals surface area (Å²) in [5, 5.41) is 0. The molecule has 0 fully saturated rings. The molecule has 4 aromatic rings. The van der Waals surface area contributed by atoms with Gasteiger partial charge in [0.1, 0.15) is 0 Å². The zero-order valence-electron chi connectivity index (χ0n) is 14.2. The Kier molecular flexibility index (Phi) is 10.7. The van der Waals surface area contributed by atoms with Gasteiger partial charge in [-0.3, -0.25) is 19.9 Å². The predicted molar refractivity (Wildman–Crippen MR) is 97.3 cm³/mol. The molecule has 0 atom stereocenters. The largest absolute Gasteiger partial charge is 2.00 e. The fourth-order valence-corrected chi connectivity index (χ4v) is 2.06. The molecule has 0 spiro atoms. The summed E-state index contributed by atoms with van der Waals surface area (Å²) in [4.78, 5) is 16.7. The molecule has 0 bridgehead atoms. The minimum absolute atomic E-state index is 0. The molecule has 0 aliphatic heterocycles. The van der Waals surface area contributed by atoms with Crippen LogP contribution in [0.1, 0.15) is 0 Å². The van der Waals surface area contributed by atoms with E-state index in [1.54, 1.807) is 24.8 Å². The number of hydrogen-bond donors (Lipinski definition) is 0. The van der Waals surface area contributed by atoms with Gasteiger partial charge >= 0.3 is 29.7 Å². The second-order valence-corrected chi connectivity index (χ2v) is 4.86. The van der Waals surface area contributed by atoms with E-state index in [0.29, 0.717) is 0 Å². The van der Waals surface area contributed by atoms with Crippen molar-refractivity contribution in [2.45, 2.75) is 0 Å². The van der Waals surface area contributed by atoms with Crippen LogP contribution >= 0.6 is 0 Å². The Morgan fingerprint density at radius 1 is 0.444 bits per heavy atom. The van der Waals surface area contributed by atoms with E-state index in [0.717, 1.165) is 22.8 Å². The van der Waals surface area contributed by atoms with Gasteiger partial charge in [0.05, 0.1) is 22.8 Å². The van der Waals surface area contributed by atoms with Gasteiger partial charge in [0, 0.05) is 24.8 Å². The van der Waals surface area contributed by atoms with Crippen molar-refractivity contribution in [1.29, 1.82) is 5.46 Å². The molecule has 0 amide bonds. The first-order valence-corrected chi connectivity index (χ1v) is 7.76. The average molecular weight is 443 g/mol. The average Bonchev–Trinajstić information content (AvgIpc) is 2.78. The molecule has 0 saturated heterocycles. The zero-order chi connectivity index (χ0) is 18.5. The molecule has 0 aromatic carbocycles. The van der Waals surface area contributed by atoms with Crippen LogP contribution in [-0.4, -0.2) is 19.9 Å². The maximum Gasteiger partial charge on any atom is 2.00 e. The minimum atomic E-state index is 0. The number of rotatable bonds is 2. The normalized spacial score (nSPS) is 8.67. The van der Waals surface area contributed by atoms with Crippen LogP contribution in [0.4, 0.5) is 0 Å².